The molecule has 1 unspecified atom stereocenters. The number of amides is 1. The minimum atomic E-state index is -0.819. The van der Waals surface area contributed by atoms with Crippen LogP contribution < -0.4 is 5.32 Å². The van der Waals surface area contributed by atoms with Crippen molar-refractivity contribution in [2.75, 3.05) is 19.6 Å². The number of hydrogen-bond donors (Lipinski definition) is 1. The SMILES string of the molecule is CC(C)N1CCCC(CNC(=O)c2c(F)cccc2F)C1. The summed E-state index contributed by atoms with van der Waals surface area (Å²) in [6.07, 6.45) is 2.12. The third-order valence-electron chi connectivity index (χ3n) is 4.02. The molecule has 3 nitrogen and oxygen atoms in total. The van der Waals surface area contributed by atoms with Gasteiger partial charge >= 0.3 is 0 Å². The van der Waals surface area contributed by atoms with E-state index in [1.165, 1.54) is 6.07 Å². The zero-order chi connectivity index (χ0) is 15.4. The number of rotatable bonds is 4. The zero-order valence-electron chi connectivity index (χ0n) is 12.5. The molecule has 21 heavy (non-hydrogen) atoms. The lowest BCUT2D eigenvalue weighted by Crippen LogP contribution is -2.43. The molecule has 1 atom stereocenters. The number of nitrogens with zero attached hydrogens (tertiary/aromatic N) is 1. The van der Waals surface area contributed by atoms with Crippen molar-refractivity contribution in [3.8, 4) is 0 Å². The Hall–Kier alpha value is -1.49. The van der Waals surface area contributed by atoms with E-state index >= 15 is 0 Å². The molecule has 1 N–H and O–H groups in total. The first-order chi connectivity index (χ1) is 9.99. The van der Waals surface area contributed by atoms with Crippen molar-refractivity contribution in [1.82, 2.24) is 10.2 Å². The van der Waals surface area contributed by atoms with E-state index in [0.717, 1.165) is 38.1 Å². The molecule has 1 aliphatic heterocycles. The van der Waals surface area contributed by atoms with Gasteiger partial charge in [-0.2, -0.15) is 0 Å². The summed E-state index contributed by atoms with van der Waals surface area (Å²) in [6, 6.07) is 3.92. The smallest absolute Gasteiger partial charge is 0.257 e. The quantitative estimate of drug-likeness (QED) is 0.926. The Kier molecular flexibility index (Phi) is 5.28. The third-order valence-corrected chi connectivity index (χ3v) is 4.02. The van der Waals surface area contributed by atoms with Gasteiger partial charge in [0.1, 0.15) is 17.2 Å². The van der Waals surface area contributed by atoms with Crippen molar-refractivity contribution < 1.29 is 13.6 Å². The van der Waals surface area contributed by atoms with Crippen LogP contribution in [-0.4, -0.2) is 36.5 Å². The maximum absolute atomic E-state index is 13.5. The number of carbonyl (C=O) groups is 1. The summed E-state index contributed by atoms with van der Waals surface area (Å²) in [5, 5.41) is 2.66. The van der Waals surface area contributed by atoms with Crippen LogP contribution in [0.4, 0.5) is 8.78 Å². The van der Waals surface area contributed by atoms with Gasteiger partial charge in [-0.05, 0) is 51.3 Å². The van der Waals surface area contributed by atoms with Gasteiger partial charge < -0.3 is 10.2 Å². The number of likely N-dealkylation sites (tertiary alicyclic amines) is 1. The number of benzene rings is 1. The Morgan fingerprint density at radius 3 is 2.67 bits per heavy atom. The molecule has 0 spiro atoms. The van der Waals surface area contributed by atoms with E-state index in [-0.39, 0.29) is 0 Å². The second-order valence-electron chi connectivity index (χ2n) is 5.90. The number of carbonyl (C=O) groups excluding carboxylic acids is 1. The molecule has 1 saturated heterocycles. The molecule has 1 aromatic carbocycles. The predicted molar refractivity (Wildman–Crippen MR) is 78.1 cm³/mol. The van der Waals surface area contributed by atoms with E-state index in [0.29, 0.717) is 18.5 Å². The Labute approximate surface area is 124 Å². The molecule has 1 fully saturated rings. The van der Waals surface area contributed by atoms with E-state index in [1.54, 1.807) is 0 Å². The first kappa shape index (κ1) is 15.9. The number of piperidine rings is 1. The Balaban J connectivity index is 1.92. The summed E-state index contributed by atoms with van der Waals surface area (Å²) in [5.41, 5.74) is -0.492. The van der Waals surface area contributed by atoms with Gasteiger partial charge in [0.05, 0.1) is 0 Å². The van der Waals surface area contributed by atoms with E-state index in [4.69, 9.17) is 0 Å². The zero-order valence-corrected chi connectivity index (χ0v) is 12.5. The van der Waals surface area contributed by atoms with Crippen molar-refractivity contribution in [1.29, 1.82) is 0 Å². The molecule has 116 valence electrons. The minimum absolute atomic E-state index is 0.333. The molecule has 1 aliphatic rings. The summed E-state index contributed by atoms with van der Waals surface area (Å²) in [5.74, 6) is -1.98. The highest BCUT2D eigenvalue weighted by Gasteiger charge is 2.23. The molecule has 1 aromatic rings. The van der Waals surface area contributed by atoms with Crippen LogP contribution in [0.2, 0.25) is 0 Å². The van der Waals surface area contributed by atoms with Crippen LogP contribution in [0.3, 0.4) is 0 Å². The monoisotopic (exact) mass is 296 g/mol. The minimum Gasteiger partial charge on any atom is -0.352 e. The molecule has 1 amide bonds. The molecule has 0 saturated carbocycles. The largest absolute Gasteiger partial charge is 0.352 e. The van der Waals surface area contributed by atoms with Crippen LogP contribution in [0.25, 0.3) is 0 Å². The van der Waals surface area contributed by atoms with Crippen molar-refractivity contribution in [3.05, 3.63) is 35.4 Å². The highest BCUT2D eigenvalue weighted by molar-refractivity contribution is 5.94. The Morgan fingerprint density at radius 1 is 1.38 bits per heavy atom. The van der Waals surface area contributed by atoms with Crippen molar-refractivity contribution >= 4 is 5.91 Å². The topological polar surface area (TPSA) is 32.3 Å². The molecule has 0 radical (unpaired) electrons. The highest BCUT2D eigenvalue weighted by atomic mass is 19.1. The van der Waals surface area contributed by atoms with Crippen molar-refractivity contribution in [2.45, 2.75) is 32.7 Å². The number of halogens is 2. The molecule has 5 heteroatoms. The van der Waals surface area contributed by atoms with Gasteiger partial charge in [0.25, 0.3) is 5.91 Å². The van der Waals surface area contributed by atoms with Crippen LogP contribution in [0.15, 0.2) is 18.2 Å². The maximum Gasteiger partial charge on any atom is 0.257 e. The van der Waals surface area contributed by atoms with E-state index in [9.17, 15) is 13.6 Å². The standard InChI is InChI=1S/C16H22F2N2O/c1-11(2)20-8-4-5-12(10-20)9-19-16(21)15-13(17)6-3-7-14(15)18/h3,6-7,11-12H,4-5,8-10H2,1-2H3,(H,19,21). The second kappa shape index (κ2) is 6.98. The molecular formula is C16H22F2N2O. The average Bonchev–Trinajstić information content (AvgIpc) is 2.45. The van der Waals surface area contributed by atoms with Gasteiger partial charge in [0.2, 0.25) is 0 Å². The van der Waals surface area contributed by atoms with Crippen LogP contribution in [-0.2, 0) is 0 Å². The van der Waals surface area contributed by atoms with Gasteiger partial charge in [0, 0.05) is 19.1 Å². The molecule has 0 bridgehead atoms. The average molecular weight is 296 g/mol. The van der Waals surface area contributed by atoms with Crippen molar-refractivity contribution in [3.63, 3.8) is 0 Å². The van der Waals surface area contributed by atoms with E-state index in [1.807, 2.05) is 0 Å². The Bertz CT molecular complexity index is 485. The lowest BCUT2D eigenvalue weighted by Gasteiger charge is -2.35. The fourth-order valence-electron chi connectivity index (χ4n) is 2.77. The van der Waals surface area contributed by atoms with Gasteiger partial charge in [-0.15, -0.1) is 0 Å². The fraction of sp³-hybridized carbons (Fsp3) is 0.562. The molecule has 0 aliphatic carbocycles. The first-order valence-electron chi connectivity index (χ1n) is 7.45. The highest BCUT2D eigenvalue weighted by Crippen LogP contribution is 2.18. The van der Waals surface area contributed by atoms with Crippen molar-refractivity contribution in [2.24, 2.45) is 5.92 Å². The normalized spacial score (nSPS) is 19.8. The second-order valence-corrected chi connectivity index (χ2v) is 5.90. The summed E-state index contributed by atoms with van der Waals surface area (Å²) in [6.45, 7) is 6.74. The summed E-state index contributed by atoms with van der Waals surface area (Å²) in [4.78, 5) is 14.3. The van der Waals surface area contributed by atoms with Crippen LogP contribution >= 0.6 is 0 Å². The Morgan fingerprint density at radius 2 is 2.05 bits per heavy atom. The molecular weight excluding hydrogens is 274 g/mol. The summed E-state index contributed by atoms with van der Waals surface area (Å²) < 4.78 is 27.1. The fourth-order valence-corrected chi connectivity index (χ4v) is 2.77. The van der Waals surface area contributed by atoms with Crippen LogP contribution in [0, 0.1) is 17.6 Å². The molecule has 1 heterocycles. The van der Waals surface area contributed by atoms with Crippen LogP contribution in [0.5, 0.6) is 0 Å². The van der Waals surface area contributed by atoms with Gasteiger partial charge in [-0.25, -0.2) is 8.78 Å². The third kappa shape index (κ3) is 4.00. The maximum atomic E-state index is 13.5. The lowest BCUT2D eigenvalue weighted by molar-refractivity contribution is 0.0914. The number of hydrogen-bond acceptors (Lipinski definition) is 2. The summed E-state index contributed by atoms with van der Waals surface area (Å²) in [7, 11) is 0. The lowest BCUT2D eigenvalue weighted by atomic mass is 9.97. The molecule has 0 aromatic heterocycles. The predicted octanol–water partition coefficient (Wildman–Crippen LogP) is 2.82. The number of nitrogens with one attached hydrogen (secondary N) is 1. The van der Waals surface area contributed by atoms with E-state index < -0.39 is 23.1 Å². The van der Waals surface area contributed by atoms with Gasteiger partial charge in [0.15, 0.2) is 0 Å². The van der Waals surface area contributed by atoms with E-state index in [2.05, 4.69) is 24.1 Å². The molecule has 2 rings (SSSR count). The first-order valence-corrected chi connectivity index (χ1v) is 7.45. The summed E-state index contributed by atoms with van der Waals surface area (Å²) >= 11 is 0. The van der Waals surface area contributed by atoms with Crippen LogP contribution in [0.1, 0.15) is 37.0 Å². The van der Waals surface area contributed by atoms with Gasteiger partial charge in [-0.3, -0.25) is 4.79 Å². The van der Waals surface area contributed by atoms with Gasteiger partial charge in [-0.1, -0.05) is 6.07 Å².